The number of allylic oxidation sites excluding steroid dienone is 2. The number of carbonyl (C=O) groups is 1. The average molecular weight is 645 g/mol. The van der Waals surface area contributed by atoms with Gasteiger partial charge in [-0.1, -0.05) is 46.8 Å². The summed E-state index contributed by atoms with van der Waals surface area (Å²) in [7, 11) is 0. The first-order valence-corrected chi connectivity index (χ1v) is 10.7. The summed E-state index contributed by atoms with van der Waals surface area (Å²) in [6.07, 6.45) is 2.94. The Morgan fingerprint density at radius 2 is 1.89 bits per heavy atom. The monoisotopic (exact) mass is 645 g/mol. The van der Waals surface area contributed by atoms with Crippen molar-refractivity contribution in [3.05, 3.63) is 96.0 Å². The van der Waals surface area contributed by atoms with Crippen LogP contribution in [0.5, 0.6) is 0 Å². The number of rotatable bonds is 3. The third-order valence-electron chi connectivity index (χ3n) is 5.08. The fourth-order valence-corrected chi connectivity index (χ4v) is 3.68. The van der Waals surface area contributed by atoms with Crippen LogP contribution < -0.4 is 0 Å². The number of carbonyl (C=O) groups excluding carboxylic acids is 1. The van der Waals surface area contributed by atoms with E-state index < -0.39 is 6.85 Å². The van der Waals surface area contributed by atoms with E-state index in [-0.39, 0.29) is 37.3 Å². The van der Waals surface area contributed by atoms with Crippen molar-refractivity contribution in [3.8, 4) is 22.4 Å². The molecule has 0 amide bonds. The van der Waals surface area contributed by atoms with Gasteiger partial charge >= 0.3 is 0 Å². The Hall–Kier alpha value is -3.60. The zero-order valence-electron chi connectivity index (χ0n) is 22.4. The molecule has 6 heteroatoms. The fraction of sp³-hybridized carbons (Fsp3) is 0.138. The van der Waals surface area contributed by atoms with Crippen LogP contribution >= 0.6 is 0 Å². The summed E-state index contributed by atoms with van der Waals surface area (Å²) >= 11 is 0. The Balaban J connectivity index is 0.000000444. The van der Waals surface area contributed by atoms with Crippen LogP contribution in [0.15, 0.2) is 83.1 Å². The van der Waals surface area contributed by atoms with E-state index in [9.17, 15) is 4.79 Å². The van der Waals surface area contributed by atoms with Crippen LogP contribution in [0.1, 0.15) is 29.2 Å². The number of aliphatic hydroxyl groups is 1. The predicted molar refractivity (Wildman–Crippen MR) is 136 cm³/mol. The summed E-state index contributed by atoms with van der Waals surface area (Å²) in [6, 6.07) is 22.5. The molecular formula is C29H25IrN2O3-. The third-order valence-corrected chi connectivity index (χ3v) is 5.08. The van der Waals surface area contributed by atoms with E-state index in [1.165, 1.54) is 31.6 Å². The van der Waals surface area contributed by atoms with Gasteiger partial charge in [0.15, 0.2) is 5.78 Å². The minimum absolute atomic E-state index is 0. The predicted octanol–water partition coefficient (Wildman–Crippen LogP) is 7.16. The smallest absolute Gasteiger partial charge is 0.216 e. The molecule has 5 rings (SSSR count). The molecule has 1 radical (unpaired) electrons. The number of aryl methyl sites for hydroxylation is 2. The standard InChI is InChI=1S/C24H17N2O.C5H8O2.Ir/c1-15-5-3-6-17(13-15)18-11-12-25-22(14-18)21-8-4-7-19-20-10-9-16(2)26-24(20)27-23(19)21;1-4(6)3-5(2)7;/h3-7,9-14H,1-2H3;3,6H,1-2H3;/q-1;;/b;4-3-;/i2D3;;. The molecule has 0 atom stereocenters. The Kier molecular flexibility index (Phi) is 7.02. The van der Waals surface area contributed by atoms with Gasteiger partial charge in [0, 0.05) is 47.6 Å². The number of aliphatic hydroxyl groups excluding tert-OH is 1. The van der Waals surface area contributed by atoms with Gasteiger partial charge in [0.05, 0.1) is 11.3 Å². The number of furan rings is 1. The molecule has 0 aliphatic heterocycles. The Labute approximate surface area is 222 Å². The fourth-order valence-electron chi connectivity index (χ4n) is 3.68. The van der Waals surface area contributed by atoms with Gasteiger partial charge in [0.25, 0.3) is 0 Å². The molecule has 3 heterocycles. The van der Waals surface area contributed by atoms with Gasteiger partial charge in [-0.3, -0.25) is 4.79 Å². The number of aromatic nitrogens is 2. The molecule has 2 aromatic carbocycles. The van der Waals surface area contributed by atoms with Crippen molar-refractivity contribution < 1.29 is 38.5 Å². The molecule has 0 unspecified atom stereocenters. The van der Waals surface area contributed by atoms with Gasteiger partial charge in [0.2, 0.25) is 5.71 Å². The summed E-state index contributed by atoms with van der Waals surface area (Å²) in [5, 5.41) is 9.98. The molecule has 0 bridgehead atoms. The van der Waals surface area contributed by atoms with Crippen molar-refractivity contribution in [2.45, 2.75) is 27.6 Å². The van der Waals surface area contributed by atoms with Crippen molar-refractivity contribution >= 4 is 27.9 Å². The Morgan fingerprint density at radius 3 is 2.57 bits per heavy atom. The summed E-state index contributed by atoms with van der Waals surface area (Å²) < 4.78 is 28.8. The maximum absolute atomic E-state index is 10.0. The summed E-state index contributed by atoms with van der Waals surface area (Å²) in [4.78, 5) is 18.8. The molecule has 0 spiro atoms. The molecule has 179 valence electrons. The van der Waals surface area contributed by atoms with Gasteiger partial charge in [0.1, 0.15) is 0 Å². The molecule has 0 fully saturated rings. The van der Waals surface area contributed by atoms with Crippen molar-refractivity contribution in [1.29, 1.82) is 0 Å². The number of fused-ring (bicyclic) bond motifs is 3. The average Bonchev–Trinajstić information content (AvgIpc) is 3.21. The second-order valence-electron chi connectivity index (χ2n) is 7.94. The molecule has 35 heavy (non-hydrogen) atoms. The van der Waals surface area contributed by atoms with Gasteiger partial charge in [-0.2, -0.15) is 0 Å². The van der Waals surface area contributed by atoms with Crippen LogP contribution in [0.2, 0.25) is 0 Å². The molecule has 0 aliphatic rings. The quantitative estimate of drug-likeness (QED) is 0.128. The van der Waals surface area contributed by atoms with E-state index in [2.05, 4.69) is 41.2 Å². The topological polar surface area (TPSA) is 76.2 Å². The van der Waals surface area contributed by atoms with E-state index >= 15 is 0 Å². The molecule has 5 aromatic rings. The van der Waals surface area contributed by atoms with Crippen LogP contribution in [0.3, 0.4) is 0 Å². The maximum Gasteiger partial charge on any atom is 0.216 e. The molecule has 1 N–H and O–H groups in total. The minimum atomic E-state index is -2.29. The summed E-state index contributed by atoms with van der Waals surface area (Å²) in [5.74, 6) is -0.0625. The van der Waals surface area contributed by atoms with Crippen LogP contribution in [0.4, 0.5) is 0 Å². The van der Waals surface area contributed by atoms with Crippen molar-refractivity contribution in [1.82, 2.24) is 9.97 Å². The molecule has 5 nitrogen and oxygen atoms in total. The summed E-state index contributed by atoms with van der Waals surface area (Å²) in [6.45, 7) is 2.63. The zero-order chi connectivity index (χ0) is 26.7. The molecule has 0 saturated carbocycles. The Morgan fingerprint density at radius 1 is 1.09 bits per heavy atom. The molecular weight excluding hydrogens is 617 g/mol. The van der Waals surface area contributed by atoms with Gasteiger partial charge < -0.3 is 14.5 Å². The number of pyridine rings is 2. The zero-order valence-corrected chi connectivity index (χ0v) is 21.8. The first kappa shape index (κ1) is 21.9. The first-order valence-electron chi connectivity index (χ1n) is 12.2. The van der Waals surface area contributed by atoms with E-state index in [4.69, 9.17) is 13.6 Å². The third kappa shape index (κ3) is 6.10. The number of hydrogen-bond acceptors (Lipinski definition) is 5. The molecule has 3 aromatic heterocycles. The van der Waals surface area contributed by atoms with Crippen molar-refractivity contribution in [2.24, 2.45) is 0 Å². The maximum atomic E-state index is 10.0. The SMILES string of the molecule is CC(=O)/C=C(/C)O.[2H]C([2H])([2H])c1ccc2c(n1)oc1c(-c3cc(-c4cccc(C)c4)ccn3)[c-]ccc12.[Ir]. The molecule has 0 saturated heterocycles. The second-order valence-corrected chi connectivity index (χ2v) is 7.94. The normalized spacial score (nSPS) is 12.7. The number of hydrogen-bond donors (Lipinski definition) is 1. The van der Waals surface area contributed by atoms with E-state index in [1.54, 1.807) is 12.3 Å². The first-order chi connectivity index (χ1) is 17.5. The van der Waals surface area contributed by atoms with Crippen LogP contribution in [-0.2, 0) is 24.9 Å². The second kappa shape index (κ2) is 11.2. The summed E-state index contributed by atoms with van der Waals surface area (Å²) in [5.41, 5.74) is 5.70. The van der Waals surface area contributed by atoms with E-state index in [0.29, 0.717) is 11.3 Å². The van der Waals surface area contributed by atoms with Crippen LogP contribution in [0, 0.1) is 19.8 Å². The van der Waals surface area contributed by atoms with Crippen molar-refractivity contribution in [3.63, 3.8) is 0 Å². The van der Waals surface area contributed by atoms with E-state index in [0.717, 1.165) is 33.2 Å². The van der Waals surface area contributed by atoms with Gasteiger partial charge in [-0.05, 0) is 62.6 Å². The number of benzene rings is 2. The number of ketones is 1. The van der Waals surface area contributed by atoms with Gasteiger partial charge in [-0.25, -0.2) is 4.98 Å². The van der Waals surface area contributed by atoms with Crippen LogP contribution in [-0.4, -0.2) is 20.9 Å². The minimum Gasteiger partial charge on any atom is -0.512 e. The Bertz CT molecular complexity index is 1640. The van der Waals surface area contributed by atoms with E-state index in [1.807, 2.05) is 30.3 Å². The number of nitrogens with zero attached hydrogens (tertiary/aromatic N) is 2. The van der Waals surface area contributed by atoms with Crippen molar-refractivity contribution in [2.75, 3.05) is 0 Å². The van der Waals surface area contributed by atoms with Gasteiger partial charge in [-0.15, -0.1) is 18.2 Å². The largest absolute Gasteiger partial charge is 0.512 e. The van der Waals surface area contributed by atoms with Crippen LogP contribution in [0.25, 0.3) is 44.5 Å². The molecule has 0 aliphatic carbocycles.